The molecular formula is C18H19NO3. The lowest BCUT2D eigenvalue weighted by molar-refractivity contribution is 0.000683. The van der Waals surface area contributed by atoms with Crippen LogP contribution < -0.4 is 0 Å². The predicted molar refractivity (Wildman–Crippen MR) is 83.6 cm³/mol. The summed E-state index contributed by atoms with van der Waals surface area (Å²) in [6, 6.07) is 18.2. The maximum Gasteiger partial charge on any atom is 0.407 e. The smallest absolute Gasteiger partial charge is 0.407 e. The highest BCUT2D eigenvalue weighted by Gasteiger charge is 2.47. The van der Waals surface area contributed by atoms with E-state index in [9.17, 15) is 15.0 Å². The number of amides is 1. The highest BCUT2D eigenvalue weighted by atomic mass is 16.4. The van der Waals surface area contributed by atoms with E-state index in [0.717, 1.165) is 17.5 Å². The van der Waals surface area contributed by atoms with E-state index >= 15 is 0 Å². The van der Waals surface area contributed by atoms with Crippen molar-refractivity contribution in [3.63, 3.8) is 0 Å². The Balaban J connectivity index is 2.14. The molecule has 1 aliphatic rings. The van der Waals surface area contributed by atoms with Gasteiger partial charge in [-0.25, -0.2) is 4.79 Å². The Hall–Kier alpha value is -2.33. The molecule has 2 aromatic rings. The van der Waals surface area contributed by atoms with Gasteiger partial charge in [-0.3, -0.25) is 0 Å². The molecular weight excluding hydrogens is 278 g/mol. The second kappa shape index (κ2) is 5.81. The van der Waals surface area contributed by atoms with Crippen LogP contribution in [0, 0.1) is 0 Å². The quantitative estimate of drug-likeness (QED) is 0.915. The summed E-state index contributed by atoms with van der Waals surface area (Å²) in [5, 5.41) is 21.0. The van der Waals surface area contributed by atoms with Crippen LogP contribution in [0.2, 0.25) is 0 Å². The lowest BCUT2D eigenvalue weighted by atomic mass is 9.79. The monoisotopic (exact) mass is 297 g/mol. The molecule has 1 fully saturated rings. The Kier molecular flexibility index (Phi) is 3.86. The van der Waals surface area contributed by atoms with Crippen molar-refractivity contribution in [2.45, 2.75) is 24.5 Å². The van der Waals surface area contributed by atoms with E-state index in [2.05, 4.69) is 0 Å². The number of carboxylic acid groups (broad SMARTS) is 1. The molecule has 4 nitrogen and oxygen atoms in total. The van der Waals surface area contributed by atoms with E-state index in [1.165, 1.54) is 4.90 Å². The van der Waals surface area contributed by atoms with Gasteiger partial charge in [0, 0.05) is 6.54 Å². The van der Waals surface area contributed by atoms with Crippen LogP contribution in [0.25, 0.3) is 0 Å². The van der Waals surface area contributed by atoms with Crippen molar-refractivity contribution in [3.05, 3.63) is 71.8 Å². The minimum atomic E-state index is -1.34. The molecule has 1 heterocycles. The Morgan fingerprint density at radius 2 is 1.50 bits per heavy atom. The zero-order valence-corrected chi connectivity index (χ0v) is 12.2. The molecule has 114 valence electrons. The third-order valence-electron chi connectivity index (χ3n) is 4.41. The van der Waals surface area contributed by atoms with E-state index in [1.54, 1.807) is 0 Å². The summed E-state index contributed by atoms with van der Waals surface area (Å²) in [6.45, 7) is 0.460. The Labute approximate surface area is 129 Å². The maximum absolute atomic E-state index is 11.6. The summed E-state index contributed by atoms with van der Waals surface area (Å²) in [5.41, 5.74) is 0.107. The first-order chi connectivity index (χ1) is 10.6. The van der Waals surface area contributed by atoms with Crippen LogP contribution in [-0.4, -0.2) is 33.8 Å². The predicted octanol–water partition coefficient (Wildman–Crippen LogP) is 3.06. The third kappa shape index (κ3) is 2.35. The Morgan fingerprint density at radius 3 is 1.95 bits per heavy atom. The number of benzene rings is 2. The number of hydrogen-bond donors (Lipinski definition) is 2. The molecule has 2 aromatic carbocycles. The topological polar surface area (TPSA) is 60.8 Å². The van der Waals surface area contributed by atoms with Gasteiger partial charge in [-0.05, 0) is 24.0 Å². The molecule has 0 radical (unpaired) electrons. The third-order valence-corrected chi connectivity index (χ3v) is 4.41. The van der Waals surface area contributed by atoms with Gasteiger partial charge in [0.1, 0.15) is 5.60 Å². The van der Waals surface area contributed by atoms with Crippen molar-refractivity contribution in [2.24, 2.45) is 0 Å². The molecule has 22 heavy (non-hydrogen) atoms. The Morgan fingerprint density at radius 1 is 1.00 bits per heavy atom. The van der Waals surface area contributed by atoms with Crippen LogP contribution in [0.15, 0.2) is 60.7 Å². The maximum atomic E-state index is 11.6. The summed E-state index contributed by atoms with van der Waals surface area (Å²) < 4.78 is 0. The summed E-state index contributed by atoms with van der Waals surface area (Å²) in [6.07, 6.45) is 0.429. The average molecular weight is 297 g/mol. The molecule has 1 saturated heterocycles. The molecule has 1 aliphatic heterocycles. The number of aliphatic hydroxyl groups is 1. The van der Waals surface area contributed by atoms with Gasteiger partial charge in [0.15, 0.2) is 0 Å². The molecule has 0 saturated carbocycles. The van der Waals surface area contributed by atoms with Gasteiger partial charge >= 0.3 is 6.09 Å². The second-order valence-corrected chi connectivity index (χ2v) is 5.63. The Bertz CT molecular complexity index is 602. The van der Waals surface area contributed by atoms with Crippen LogP contribution in [0.1, 0.15) is 24.0 Å². The SMILES string of the molecule is O=C(O)N1CCCC1C(O)(c1ccccc1)c1ccccc1. The fraction of sp³-hybridized carbons (Fsp3) is 0.278. The molecule has 1 unspecified atom stereocenters. The summed E-state index contributed by atoms with van der Waals surface area (Å²) in [7, 11) is 0. The molecule has 3 rings (SSSR count). The molecule has 0 aliphatic carbocycles. The molecule has 0 spiro atoms. The highest BCUT2D eigenvalue weighted by molar-refractivity contribution is 5.66. The largest absolute Gasteiger partial charge is 0.465 e. The van der Waals surface area contributed by atoms with E-state index < -0.39 is 17.7 Å². The van der Waals surface area contributed by atoms with Crippen molar-refractivity contribution < 1.29 is 15.0 Å². The van der Waals surface area contributed by atoms with Crippen molar-refractivity contribution in [1.82, 2.24) is 4.90 Å². The number of likely N-dealkylation sites (tertiary alicyclic amines) is 1. The normalized spacial score (nSPS) is 18.4. The van der Waals surface area contributed by atoms with Crippen molar-refractivity contribution in [2.75, 3.05) is 6.54 Å². The zero-order chi connectivity index (χ0) is 15.6. The lowest BCUT2D eigenvalue weighted by Crippen LogP contribution is -2.50. The first kappa shape index (κ1) is 14.6. The molecule has 2 N–H and O–H groups in total. The minimum Gasteiger partial charge on any atom is -0.465 e. The minimum absolute atomic E-state index is 0.460. The van der Waals surface area contributed by atoms with Crippen LogP contribution in [0.5, 0.6) is 0 Å². The first-order valence-electron chi connectivity index (χ1n) is 7.47. The van der Waals surface area contributed by atoms with Crippen molar-refractivity contribution in [1.29, 1.82) is 0 Å². The zero-order valence-electron chi connectivity index (χ0n) is 12.2. The van der Waals surface area contributed by atoms with Crippen LogP contribution in [-0.2, 0) is 5.60 Å². The average Bonchev–Trinajstić information content (AvgIpc) is 3.06. The van der Waals surface area contributed by atoms with Gasteiger partial charge in [0.05, 0.1) is 6.04 Å². The molecule has 4 heteroatoms. The van der Waals surface area contributed by atoms with Gasteiger partial charge < -0.3 is 15.1 Å². The molecule has 1 amide bonds. The van der Waals surface area contributed by atoms with Gasteiger partial charge in [0.2, 0.25) is 0 Å². The van der Waals surface area contributed by atoms with Crippen molar-refractivity contribution in [3.8, 4) is 0 Å². The fourth-order valence-electron chi connectivity index (χ4n) is 3.37. The van der Waals surface area contributed by atoms with E-state index in [4.69, 9.17) is 0 Å². The summed E-state index contributed by atoms with van der Waals surface area (Å²) in [5.74, 6) is 0. The number of nitrogens with zero attached hydrogens (tertiary/aromatic N) is 1. The van der Waals surface area contributed by atoms with E-state index in [1.807, 2.05) is 60.7 Å². The molecule has 0 bridgehead atoms. The lowest BCUT2D eigenvalue weighted by Gasteiger charge is -2.39. The summed E-state index contributed by atoms with van der Waals surface area (Å²) >= 11 is 0. The number of rotatable bonds is 3. The van der Waals surface area contributed by atoms with Gasteiger partial charge in [-0.1, -0.05) is 60.7 Å². The van der Waals surface area contributed by atoms with Gasteiger partial charge in [0.25, 0.3) is 0 Å². The second-order valence-electron chi connectivity index (χ2n) is 5.63. The van der Waals surface area contributed by atoms with Gasteiger partial charge in [-0.2, -0.15) is 0 Å². The van der Waals surface area contributed by atoms with Gasteiger partial charge in [-0.15, -0.1) is 0 Å². The summed E-state index contributed by atoms with van der Waals surface area (Å²) in [4.78, 5) is 12.9. The van der Waals surface area contributed by atoms with E-state index in [-0.39, 0.29) is 0 Å². The van der Waals surface area contributed by atoms with Crippen LogP contribution in [0.3, 0.4) is 0 Å². The van der Waals surface area contributed by atoms with Crippen molar-refractivity contribution >= 4 is 6.09 Å². The first-order valence-corrected chi connectivity index (χ1v) is 7.47. The number of hydrogen-bond acceptors (Lipinski definition) is 2. The molecule has 0 aromatic heterocycles. The highest BCUT2D eigenvalue weighted by Crippen LogP contribution is 2.40. The van der Waals surface area contributed by atoms with Crippen LogP contribution in [0.4, 0.5) is 4.79 Å². The number of carbonyl (C=O) groups is 1. The van der Waals surface area contributed by atoms with E-state index in [0.29, 0.717) is 13.0 Å². The fourth-order valence-corrected chi connectivity index (χ4v) is 3.37. The standard InChI is InChI=1S/C18H19NO3/c20-17(21)19-13-7-12-16(19)18(22,14-8-3-1-4-9-14)15-10-5-2-6-11-15/h1-6,8-11,16,22H,7,12-13H2,(H,20,21). The molecule has 1 atom stereocenters. The van der Waals surface area contributed by atoms with Crippen LogP contribution >= 0.6 is 0 Å².